The van der Waals surface area contributed by atoms with Crippen LogP contribution in [-0.2, 0) is 12.7 Å². The van der Waals surface area contributed by atoms with Crippen LogP contribution in [0.25, 0.3) is 16.7 Å². The van der Waals surface area contributed by atoms with Crippen molar-refractivity contribution in [1.82, 2.24) is 0 Å². The number of halogens is 3. The van der Waals surface area contributed by atoms with Crippen molar-refractivity contribution in [2.45, 2.75) is 39.0 Å². The second-order valence-corrected chi connectivity index (χ2v) is 9.15. The SMILES string of the molecule is COc1ccccc1NCc1c(-c2cc(C(F)(F)F)ccc2OC)ccc2c1C(C)=CC(C)(C)N2. The molecule has 0 bridgehead atoms. The van der Waals surface area contributed by atoms with Crippen LogP contribution < -0.4 is 20.1 Å². The van der Waals surface area contributed by atoms with E-state index in [4.69, 9.17) is 9.47 Å². The van der Waals surface area contributed by atoms with E-state index in [1.807, 2.05) is 43.3 Å². The maximum atomic E-state index is 13.6. The fourth-order valence-electron chi connectivity index (χ4n) is 4.70. The number of hydrogen-bond acceptors (Lipinski definition) is 4. The van der Waals surface area contributed by atoms with Crippen molar-refractivity contribution >= 4 is 16.9 Å². The van der Waals surface area contributed by atoms with Gasteiger partial charge in [0, 0.05) is 23.4 Å². The van der Waals surface area contributed by atoms with Crippen LogP contribution in [0.15, 0.2) is 60.7 Å². The van der Waals surface area contributed by atoms with Gasteiger partial charge in [-0.2, -0.15) is 13.2 Å². The monoisotopic (exact) mass is 482 g/mol. The highest BCUT2D eigenvalue weighted by molar-refractivity contribution is 5.89. The third-order valence-corrected chi connectivity index (χ3v) is 6.12. The minimum atomic E-state index is -4.47. The largest absolute Gasteiger partial charge is 0.496 e. The van der Waals surface area contributed by atoms with E-state index in [1.54, 1.807) is 7.11 Å². The molecule has 184 valence electrons. The van der Waals surface area contributed by atoms with E-state index in [0.29, 0.717) is 29.2 Å². The molecule has 1 aliphatic heterocycles. The van der Waals surface area contributed by atoms with Gasteiger partial charge in [-0.15, -0.1) is 0 Å². The lowest BCUT2D eigenvalue weighted by molar-refractivity contribution is -0.137. The highest BCUT2D eigenvalue weighted by atomic mass is 19.4. The van der Waals surface area contributed by atoms with Gasteiger partial charge in [0.05, 0.1) is 31.0 Å². The predicted molar refractivity (Wildman–Crippen MR) is 135 cm³/mol. The third-order valence-electron chi connectivity index (χ3n) is 6.12. The Morgan fingerprint density at radius 2 is 1.63 bits per heavy atom. The third kappa shape index (κ3) is 4.94. The van der Waals surface area contributed by atoms with Gasteiger partial charge >= 0.3 is 6.18 Å². The van der Waals surface area contributed by atoms with Crippen molar-refractivity contribution in [2.24, 2.45) is 0 Å². The Balaban J connectivity index is 1.91. The zero-order valence-corrected chi connectivity index (χ0v) is 20.4. The van der Waals surface area contributed by atoms with Crippen LogP contribution >= 0.6 is 0 Å². The quantitative estimate of drug-likeness (QED) is 0.379. The number of anilines is 2. The van der Waals surface area contributed by atoms with E-state index in [1.165, 1.54) is 13.2 Å². The van der Waals surface area contributed by atoms with E-state index < -0.39 is 11.7 Å². The number of fused-ring (bicyclic) bond motifs is 1. The van der Waals surface area contributed by atoms with Gasteiger partial charge in [0.15, 0.2) is 0 Å². The highest BCUT2D eigenvalue weighted by Gasteiger charge is 2.32. The number of ether oxygens (including phenoxy) is 2. The normalized spacial score (nSPS) is 14.5. The molecule has 1 heterocycles. The van der Waals surface area contributed by atoms with Gasteiger partial charge in [-0.25, -0.2) is 0 Å². The molecule has 0 saturated carbocycles. The van der Waals surface area contributed by atoms with Crippen LogP contribution in [0.5, 0.6) is 11.5 Å². The Labute approximate surface area is 203 Å². The Morgan fingerprint density at radius 3 is 2.31 bits per heavy atom. The van der Waals surface area contributed by atoms with Crippen molar-refractivity contribution in [3.05, 3.63) is 77.4 Å². The van der Waals surface area contributed by atoms with Gasteiger partial charge in [0.2, 0.25) is 0 Å². The van der Waals surface area contributed by atoms with Crippen molar-refractivity contribution < 1.29 is 22.6 Å². The molecule has 4 rings (SSSR count). The Morgan fingerprint density at radius 1 is 0.914 bits per heavy atom. The molecule has 0 saturated heterocycles. The zero-order valence-electron chi connectivity index (χ0n) is 20.4. The molecule has 7 heteroatoms. The van der Waals surface area contributed by atoms with E-state index in [0.717, 1.165) is 40.2 Å². The molecule has 0 atom stereocenters. The molecule has 1 aliphatic rings. The fourth-order valence-corrected chi connectivity index (χ4v) is 4.70. The number of rotatable bonds is 6. The van der Waals surface area contributed by atoms with E-state index in [2.05, 4.69) is 30.6 Å². The molecule has 0 aliphatic carbocycles. The first-order valence-corrected chi connectivity index (χ1v) is 11.3. The van der Waals surface area contributed by atoms with Crippen LogP contribution in [0.3, 0.4) is 0 Å². The van der Waals surface area contributed by atoms with E-state index in [-0.39, 0.29) is 5.54 Å². The minimum absolute atomic E-state index is 0.250. The van der Waals surface area contributed by atoms with Crippen molar-refractivity contribution in [1.29, 1.82) is 0 Å². The van der Waals surface area contributed by atoms with Crippen LogP contribution in [0.4, 0.5) is 24.5 Å². The second kappa shape index (κ2) is 9.21. The molecule has 4 nitrogen and oxygen atoms in total. The van der Waals surface area contributed by atoms with Crippen LogP contribution in [0.2, 0.25) is 0 Å². The van der Waals surface area contributed by atoms with E-state index in [9.17, 15) is 13.2 Å². The molecule has 0 radical (unpaired) electrons. The number of nitrogens with one attached hydrogen (secondary N) is 2. The standard InChI is InChI=1S/C28H29F3N2O2/c1-17-15-27(2,3)33-23-12-11-19(20-14-18(28(29,30)31)10-13-24(20)34-4)21(26(17)23)16-32-22-8-6-7-9-25(22)35-5/h6-15,32-33H,16H2,1-5H3. The van der Waals surface area contributed by atoms with Gasteiger partial charge in [0.1, 0.15) is 11.5 Å². The number of methoxy groups -OCH3 is 2. The summed E-state index contributed by atoms with van der Waals surface area (Å²) < 4.78 is 51.8. The van der Waals surface area contributed by atoms with Crippen LogP contribution in [0.1, 0.15) is 37.5 Å². The van der Waals surface area contributed by atoms with Crippen LogP contribution in [-0.4, -0.2) is 19.8 Å². The van der Waals surface area contributed by atoms with Gasteiger partial charge in [-0.05, 0) is 73.9 Å². The molecule has 0 unspecified atom stereocenters. The molecule has 0 aromatic heterocycles. The number of benzene rings is 3. The number of allylic oxidation sites excluding steroid dienone is 1. The summed E-state index contributed by atoms with van der Waals surface area (Å²) in [5.74, 6) is 1.06. The minimum Gasteiger partial charge on any atom is -0.496 e. The first-order chi connectivity index (χ1) is 16.5. The van der Waals surface area contributed by atoms with Gasteiger partial charge < -0.3 is 20.1 Å². The Hall–Kier alpha value is -3.61. The molecule has 0 spiro atoms. The van der Waals surface area contributed by atoms with E-state index >= 15 is 0 Å². The molecule has 35 heavy (non-hydrogen) atoms. The number of hydrogen-bond donors (Lipinski definition) is 2. The fraction of sp³-hybridized carbons (Fsp3) is 0.286. The van der Waals surface area contributed by atoms with Gasteiger partial charge in [-0.3, -0.25) is 0 Å². The molecular formula is C28H29F3N2O2. The van der Waals surface area contributed by atoms with Crippen LogP contribution in [0, 0.1) is 0 Å². The maximum Gasteiger partial charge on any atom is 0.416 e. The lowest BCUT2D eigenvalue weighted by Gasteiger charge is -2.33. The topological polar surface area (TPSA) is 42.5 Å². The van der Waals surface area contributed by atoms with Gasteiger partial charge in [0.25, 0.3) is 0 Å². The first-order valence-electron chi connectivity index (χ1n) is 11.3. The predicted octanol–water partition coefficient (Wildman–Crippen LogP) is 7.61. The van der Waals surface area contributed by atoms with Crippen molar-refractivity contribution in [3.63, 3.8) is 0 Å². The Kier molecular flexibility index (Phi) is 6.45. The summed E-state index contributed by atoms with van der Waals surface area (Å²) in [6.45, 7) is 6.55. The average molecular weight is 483 g/mol. The van der Waals surface area contributed by atoms with Crippen molar-refractivity contribution in [2.75, 3.05) is 24.9 Å². The van der Waals surface area contributed by atoms with Crippen molar-refractivity contribution in [3.8, 4) is 22.6 Å². The lowest BCUT2D eigenvalue weighted by atomic mass is 9.84. The lowest BCUT2D eigenvalue weighted by Crippen LogP contribution is -2.32. The zero-order chi connectivity index (χ0) is 25.4. The maximum absolute atomic E-state index is 13.6. The summed E-state index contributed by atoms with van der Waals surface area (Å²) in [6, 6.07) is 14.9. The summed E-state index contributed by atoms with van der Waals surface area (Å²) in [5.41, 5.74) is 4.69. The number of alkyl halides is 3. The second-order valence-electron chi connectivity index (χ2n) is 9.15. The first kappa shape index (κ1) is 24.5. The molecule has 0 amide bonds. The number of para-hydroxylation sites is 2. The summed E-state index contributed by atoms with van der Waals surface area (Å²) in [6.07, 6.45) is -2.33. The molecular weight excluding hydrogens is 453 g/mol. The Bertz CT molecular complexity index is 1280. The summed E-state index contributed by atoms with van der Waals surface area (Å²) in [4.78, 5) is 0. The molecule has 3 aromatic carbocycles. The molecule has 3 aromatic rings. The average Bonchev–Trinajstić information content (AvgIpc) is 2.80. The summed E-state index contributed by atoms with van der Waals surface area (Å²) in [5, 5.41) is 6.95. The highest BCUT2D eigenvalue weighted by Crippen LogP contribution is 2.44. The van der Waals surface area contributed by atoms with Gasteiger partial charge in [-0.1, -0.05) is 24.3 Å². The smallest absolute Gasteiger partial charge is 0.416 e. The summed E-state index contributed by atoms with van der Waals surface area (Å²) >= 11 is 0. The molecule has 0 fully saturated rings. The summed E-state index contributed by atoms with van der Waals surface area (Å²) in [7, 11) is 3.06. The molecule has 2 N–H and O–H groups in total.